The van der Waals surface area contributed by atoms with Gasteiger partial charge in [0.15, 0.2) is 0 Å². The van der Waals surface area contributed by atoms with Gasteiger partial charge in [0.05, 0.1) is 19.8 Å². The first-order valence-corrected chi connectivity index (χ1v) is 10.1. The van der Waals surface area contributed by atoms with Gasteiger partial charge in [-0.25, -0.2) is 0 Å². The first-order valence-electron chi connectivity index (χ1n) is 10.1. The van der Waals surface area contributed by atoms with Crippen LogP contribution in [-0.4, -0.2) is 62.3 Å². The first-order chi connectivity index (χ1) is 14.2. The number of anilines is 1. The highest BCUT2D eigenvalue weighted by molar-refractivity contribution is 6.07. The molecule has 0 aliphatic carbocycles. The van der Waals surface area contributed by atoms with Crippen LogP contribution in [0.5, 0.6) is 0 Å². The monoisotopic (exact) mass is 392 g/mol. The van der Waals surface area contributed by atoms with Gasteiger partial charge in [-0.1, -0.05) is 36.4 Å². The Bertz CT molecular complexity index is 925. The molecule has 3 aliphatic rings. The summed E-state index contributed by atoms with van der Waals surface area (Å²) in [7, 11) is 0. The molecule has 2 atom stereocenters. The van der Waals surface area contributed by atoms with Gasteiger partial charge in [-0.05, 0) is 30.2 Å². The van der Waals surface area contributed by atoms with Crippen LogP contribution in [0.4, 0.5) is 5.69 Å². The Hall–Kier alpha value is -2.70. The molecule has 29 heavy (non-hydrogen) atoms. The van der Waals surface area contributed by atoms with E-state index in [0.717, 1.165) is 11.3 Å². The van der Waals surface area contributed by atoms with Crippen molar-refractivity contribution in [1.82, 2.24) is 4.90 Å². The molecule has 2 saturated heterocycles. The van der Waals surface area contributed by atoms with Crippen molar-refractivity contribution in [2.75, 3.05) is 44.4 Å². The molecule has 6 nitrogen and oxygen atoms in total. The molecule has 2 unspecified atom stereocenters. The van der Waals surface area contributed by atoms with Crippen molar-refractivity contribution in [3.63, 3.8) is 0 Å². The second-order valence-electron chi connectivity index (χ2n) is 8.00. The quantitative estimate of drug-likeness (QED) is 0.787. The summed E-state index contributed by atoms with van der Waals surface area (Å²) in [5, 5.41) is 0. The van der Waals surface area contributed by atoms with Gasteiger partial charge in [0.1, 0.15) is 6.10 Å². The minimum absolute atomic E-state index is 0.0159. The molecule has 0 radical (unpaired) electrons. The average Bonchev–Trinajstić information content (AvgIpc) is 3.36. The molecule has 3 heterocycles. The molecule has 0 aromatic heterocycles. The molecule has 2 aromatic carbocycles. The molecule has 0 bridgehead atoms. The third kappa shape index (κ3) is 3.12. The van der Waals surface area contributed by atoms with Crippen molar-refractivity contribution in [2.24, 2.45) is 0 Å². The summed E-state index contributed by atoms with van der Waals surface area (Å²) in [6.07, 6.45) is 0.131. The van der Waals surface area contributed by atoms with E-state index < -0.39 is 6.10 Å². The summed E-state index contributed by atoms with van der Waals surface area (Å²) in [4.78, 5) is 29.8. The zero-order valence-corrected chi connectivity index (χ0v) is 16.3. The standard InChI is InChI=1S/C23H24N2O4/c26-21(17-6-2-1-3-7-17)25-15-23(18-8-4-5-9-19(18)25)14-20(29-16-23)22(27)24-10-12-28-13-11-24/h1-9,20H,10-16H2. The average molecular weight is 392 g/mol. The van der Waals surface area contributed by atoms with Gasteiger partial charge in [-0.2, -0.15) is 0 Å². The van der Waals surface area contributed by atoms with Crippen LogP contribution in [0, 0.1) is 0 Å². The Kier molecular flexibility index (Phi) is 4.60. The predicted octanol–water partition coefficient (Wildman–Crippen LogP) is 2.23. The summed E-state index contributed by atoms with van der Waals surface area (Å²) in [6.45, 7) is 3.36. The minimum atomic E-state index is -0.465. The van der Waals surface area contributed by atoms with E-state index >= 15 is 0 Å². The Morgan fingerprint density at radius 3 is 2.48 bits per heavy atom. The van der Waals surface area contributed by atoms with E-state index in [-0.39, 0.29) is 17.2 Å². The van der Waals surface area contributed by atoms with E-state index in [2.05, 4.69) is 6.07 Å². The summed E-state index contributed by atoms with van der Waals surface area (Å²) in [5.41, 5.74) is 2.35. The molecule has 6 heteroatoms. The van der Waals surface area contributed by atoms with E-state index in [1.54, 1.807) is 0 Å². The molecule has 2 aromatic rings. The van der Waals surface area contributed by atoms with Gasteiger partial charge in [0.25, 0.3) is 11.8 Å². The van der Waals surface area contributed by atoms with Crippen LogP contribution in [-0.2, 0) is 19.7 Å². The fourth-order valence-corrected chi connectivity index (χ4v) is 4.72. The van der Waals surface area contributed by atoms with E-state index in [1.807, 2.05) is 58.3 Å². The lowest BCUT2D eigenvalue weighted by Gasteiger charge is -2.29. The number of hydrogen-bond donors (Lipinski definition) is 0. The SMILES string of the molecule is O=C(C1CC2(CO1)CN(C(=O)c1ccccc1)c1ccccc12)N1CCOCC1. The number of nitrogens with zero attached hydrogens (tertiary/aromatic N) is 2. The molecule has 2 fully saturated rings. The van der Waals surface area contributed by atoms with Crippen LogP contribution in [0.1, 0.15) is 22.3 Å². The molecule has 150 valence electrons. The fraction of sp³-hybridized carbons (Fsp3) is 0.391. The van der Waals surface area contributed by atoms with E-state index in [4.69, 9.17) is 9.47 Å². The number of carbonyl (C=O) groups is 2. The maximum Gasteiger partial charge on any atom is 0.258 e. The van der Waals surface area contributed by atoms with Gasteiger partial charge in [-0.15, -0.1) is 0 Å². The largest absolute Gasteiger partial charge is 0.378 e. The van der Waals surface area contributed by atoms with Crippen LogP contribution in [0.3, 0.4) is 0 Å². The Morgan fingerprint density at radius 2 is 1.69 bits per heavy atom. The molecule has 1 spiro atoms. The van der Waals surface area contributed by atoms with Crippen molar-refractivity contribution in [3.8, 4) is 0 Å². The highest BCUT2D eigenvalue weighted by Crippen LogP contribution is 2.48. The van der Waals surface area contributed by atoms with Gasteiger partial charge in [0, 0.05) is 36.3 Å². The number of hydrogen-bond acceptors (Lipinski definition) is 4. The van der Waals surface area contributed by atoms with E-state index in [0.29, 0.717) is 51.4 Å². The predicted molar refractivity (Wildman–Crippen MR) is 108 cm³/mol. The summed E-state index contributed by atoms with van der Waals surface area (Å²) >= 11 is 0. The highest BCUT2D eigenvalue weighted by Gasteiger charge is 2.52. The van der Waals surface area contributed by atoms with Crippen LogP contribution in [0.15, 0.2) is 54.6 Å². The molecule has 0 N–H and O–H groups in total. The van der Waals surface area contributed by atoms with Crippen LogP contribution >= 0.6 is 0 Å². The van der Waals surface area contributed by atoms with Crippen LogP contribution < -0.4 is 4.90 Å². The van der Waals surface area contributed by atoms with Crippen molar-refractivity contribution < 1.29 is 19.1 Å². The summed E-state index contributed by atoms with van der Waals surface area (Å²) in [6, 6.07) is 17.3. The highest BCUT2D eigenvalue weighted by atomic mass is 16.5. The number of morpholine rings is 1. The molecular weight excluding hydrogens is 368 g/mol. The zero-order valence-electron chi connectivity index (χ0n) is 16.3. The fourth-order valence-electron chi connectivity index (χ4n) is 4.72. The first kappa shape index (κ1) is 18.3. The molecule has 5 rings (SSSR count). The van der Waals surface area contributed by atoms with Gasteiger partial charge in [0.2, 0.25) is 0 Å². The third-order valence-corrected chi connectivity index (χ3v) is 6.23. The number of para-hydroxylation sites is 1. The van der Waals surface area contributed by atoms with Crippen molar-refractivity contribution >= 4 is 17.5 Å². The zero-order chi connectivity index (χ0) is 19.8. The van der Waals surface area contributed by atoms with E-state index in [9.17, 15) is 9.59 Å². The third-order valence-electron chi connectivity index (χ3n) is 6.23. The second kappa shape index (κ2) is 7.28. The van der Waals surface area contributed by atoms with Crippen molar-refractivity contribution in [1.29, 1.82) is 0 Å². The number of rotatable bonds is 2. The Morgan fingerprint density at radius 1 is 0.966 bits per heavy atom. The van der Waals surface area contributed by atoms with Gasteiger partial charge in [-0.3, -0.25) is 9.59 Å². The lowest BCUT2D eigenvalue weighted by molar-refractivity contribution is -0.144. The lowest BCUT2D eigenvalue weighted by Crippen LogP contribution is -2.46. The second-order valence-corrected chi connectivity index (χ2v) is 8.00. The smallest absolute Gasteiger partial charge is 0.258 e. The maximum atomic E-state index is 13.2. The maximum absolute atomic E-state index is 13.2. The number of fused-ring (bicyclic) bond motifs is 2. The minimum Gasteiger partial charge on any atom is -0.378 e. The van der Waals surface area contributed by atoms with Crippen LogP contribution in [0.2, 0.25) is 0 Å². The summed E-state index contributed by atoms with van der Waals surface area (Å²) in [5.74, 6) is 0.0216. The topological polar surface area (TPSA) is 59.1 Å². The van der Waals surface area contributed by atoms with Gasteiger partial charge >= 0.3 is 0 Å². The lowest BCUT2D eigenvalue weighted by atomic mass is 9.80. The molecular formula is C23H24N2O4. The number of benzene rings is 2. The number of carbonyl (C=O) groups excluding carboxylic acids is 2. The molecule has 3 aliphatic heterocycles. The van der Waals surface area contributed by atoms with E-state index in [1.165, 1.54) is 0 Å². The number of ether oxygens (including phenoxy) is 2. The van der Waals surface area contributed by atoms with Crippen LogP contribution in [0.25, 0.3) is 0 Å². The van der Waals surface area contributed by atoms with Crippen molar-refractivity contribution in [3.05, 3.63) is 65.7 Å². The number of amides is 2. The molecule has 2 amide bonds. The Labute approximate surface area is 170 Å². The summed E-state index contributed by atoms with van der Waals surface area (Å²) < 4.78 is 11.4. The van der Waals surface area contributed by atoms with Gasteiger partial charge < -0.3 is 19.3 Å². The normalized spacial score (nSPS) is 26.0. The van der Waals surface area contributed by atoms with Crippen molar-refractivity contribution in [2.45, 2.75) is 17.9 Å². The molecule has 0 saturated carbocycles. The Balaban J connectivity index is 1.41.